The van der Waals surface area contributed by atoms with Gasteiger partial charge in [0.05, 0.1) is 23.6 Å². The molecular formula is C20H24N2OS. The summed E-state index contributed by atoms with van der Waals surface area (Å²) in [6, 6.07) is 14.7. The van der Waals surface area contributed by atoms with Gasteiger partial charge in [-0.2, -0.15) is 0 Å². The van der Waals surface area contributed by atoms with Crippen LogP contribution in [-0.4, -0.2) is 22.3 Å². The van der Waals surface area contributed by atoms with Crippen molar-refractivity contribution in [3.63, 3.8) is 0 Å². The molecule has 3 nitrogen and oxygen atoms in total. The van der Waals surface area contributed by atoms with E-state index in [0.29, 0.717) is 12.5 Å². The molecule has 0 bridgehead atoms. The van der Waals surface area contributed by atoms with E-state index in [9.17, 15) is 0 Å². The lowest BCUT2D eigenvalue weighted by Crippen LogP contribution is -2.20. The summed E-state index contributed by atoms with van der Waals surface area (Å²) in [6.45, 7) is 6.86. The van der Waals surface area contributed by atoms with E-state index in [4.69, 9.17) is 9.72 Å². The number of thioether (sulfide) groups is 1. The highest BCUT2D eigenvalue weighted by Crippen LogP contribution is 2.32. The Kier molecular flexibility index (Phi) is 5.46. The molecule has 1 aliphatic heterocycles. The van der Waals surface area contributed by atoms with Crippen LogP contribution in [0, 0.1) is 0 Å². The van der Waals surface area contributed by atoms with Gasteiger partial charge in [-0.3, -0.25) is 0 Å². The molecule has 0 amide bonds. The van der Waals surface area contributed by atoms with Crippen LogP contribution >= 0.6 is 11.8 Å². The number of hydrogen-bond acceptors (Lipinski definition) is 3. The predicted molar refractivity (Wildman–Crippen MR) is 102 cm³/mol. The van der Waals surface area contributed by atoms with Gasteiger partial charge in [-0.05, 0) is 42.0 Å². The molecule has 4 heteroatoms. The minimum atomic E-state index is 0.296. The van der Waals surface area contributed by atoms with Crippen molar-refractivity contribution in [2.75, 3.05) is 12.4 Å². The number of nitrogens with zero attached hydrogens (tertiary/aromatic N) is 1. The van der Waals surface area contributed by atoms with Gasteiger partial charge in [0.25, 0.3) is 0 Å². The molecular weight excluding hydrogens is 316 g/mol. The van der Waals surface area contributed by atoms with Crippen molar-refractivity contribution in [2.24, 2.45) is 0 Å². The van der Waals surface area contributed by atoms with Crippen molar-refractivity contribution < 1.29 is 4.74 Å². The number of hydrogen-bond donors (Lipinski definition) is 1. The van der Waals surface area contributed by atoms with Crippen molar-refractivity contribution in [1.82, 2.24) is 9.97 Å². The second kappa shape index (κ2) is 7.75. The molecule has 1 atom stereocenters. The second-order valence-corrected chi connectivity index (χ2v) is 6.89. The molecule has 1 N–H and O–H groups in total. The fourth-order valence-electron chi connectivity index (χ4n) is 2.96. The number of aromatic amines is 1. The first kappa shape index (κ1) is 16.9. The normalized spacial score (nSPS) is 16.0. The summed E-state index contributed by atoms with van der Waals surface area (Å²) < 4.78 is 5.88. The van der Waals surface area contributed by atoms with Crippen molar-refractivity contribution in [3.05, 3.63) is 53.9 Å². The second-order valence-electron chi connectivity index (χ2n) is 5.55. The average molecular weight is 340 g/mol. The summed E-state index contributed by atoms with van der Waals surface area (Å²) >= 11 is 1.85. The highest BCUT2D eigenvalue weighted by molar-refractivity contribution is 7.99. The third-order valence-electron chi connectivity index (χ3n) is 4.05. The Hall–Kier alpha value is -1.94. The van der Waals surface area contributed by atoms with E-state index in [1.807, 2.05) is 37.7 Å². The van der Waals surface area contributed by atoms with E-state index in [1.165, 1.54) is 10.5 Å². The molecule has 0 saturated heterocycles. The van der Waals surface area contributed by atoms with Gasteiger partial charge in [0.15, 0.2) is 0 Å². The van der Waals surface area contributed by atoms with Gasteiger partial charge in [-0.25, -0.2) is 4.98 Å². The van der Waals surface area contributed by atoms with Crippen LogP contribution in [-0.2, 0) is 6.42 Å². The lowest BCUT2D eigenvalue weighted by molar-refractivity contribution is 0.258. The molecule has 4 rings (SSSR count). The zero-order chi connectivity index (χ0) is 16.9. The SMILES string of the molecule is CC.CCSc1ccc2nc(C3COc4ccccc4C3)[nH]c2c1. The summed E-state index contributed by atoms with van der Waals surface area (Å²) in [5, 5.41) is 0. The van der Waals surface area contributed by atoms with Gasteiger partial charge >= 0.3 is 0 Å². The number of benzene rings is 2. The molecule has 0 fully saturated rings. The Labute approximate surface area is 147 Å². The molecule has 0 radical (unpaired) electrons. The van der Waals surface area contributed by atoms with Gasteiger partial charge in [0.2, 0.25) is 0 Å². The predicted octanol–water partition coefficient (Wildman–Crippen LogP) is 5.42. The van der Waals surface area contributed by atoms with Crippen LogP contribution in [0.5, 0.6) is 5.75 Å². The molecule has 1 unspecified atom stereocenters. The van der Waals surface area contributed by atoms with Crippen LogP contribution in [0.4, 0.5) is 0 Å². The van der Waals surface area contributed by atoms with Crippen LogP contribution in [0.15, 0.2) is 47.4 Å². The number of aromatic nitrogens is 2. The first-order valence-electron chi connectivity index (χ1n) is 8.66. The molecule has 3 aromatic rings. The van der Waals surface area contributed by atoms with Crippen LogP contribution < -0.4 is 4.74 Å². The average Bonchev–Trinajstić information content (AvgIpc) is 3.07. The van der Waals surface area contributed by atoms with Gasteiger partial charge < -0.3 is 9.72 Å². The number of imidazole rings is 1. The highest BCUT2D eigenvalue weighted by Gasteiger charge is 2.23. The molecule has 0 aliphatic carbocycles. The summed E-state index contributed by atoms with van der Waals surface area (Å²) in [4.78, 5) is 9.54. The Morgan fingerprint density at radius 2 is 2.04 bits per heavy atom. The van der Waals surface area contributed by atoms with Crippen molar-refractivity contribution in [3.8, 4) is 5.75 Å². The van der Waals surface area contributed by atoms with E-state index in [1.54, 1.807) is 0 Å². The van der Waals surface area contributed by atoms with Crippen LogP contribution in [0.2, 0.25) is 0 Å². The molecule has 0 spiro atoms. The number of fused-ring (bicyclic) bond motifs is 2. The Balaban J connectivity index is 0.000000815. The first-order chi connectivity index (χ1) is 11.8. The minimum absolute atomic E-state index is 0.296. The highest BCUT2D eigenvalue weighted by atomic mass is 32.2. The van der Waals surface area contributed by atoms with Crippen LogP contribution in [0.25, 0.3) is 11.0 Å². The van der Waals surface area contributed by atoms with Gasteiger partial charge in [-0.15, -0.1) is 11.8 Å². The summed E-state index contributed by atoms with van der Waals surface area (Å²) in [7, 11) is 0. The smallest absolute Gasteiger partial charge is 0.122 e. The standard InChI is InChI=1S/C18H18N2OS.C2H6/c1-2-22-14-7-8-15-16(10-14)20-18(19-15)13-9-12-5-3-4-6-17(12)21-11-13;1-2/h3-8,10,13H,2,9,11H2,1H3,(H,19,20);1-2H3. The third-order valence-corrected chi connectivity index (χ3v) is 4.92. The summed E-state index contributed by atoms with van der Waals surface area (Å²) in [5.74, 6) is 3.42. The summed E-state index contributed by atoms with van der Waals surface area (Å²) in [6.07, 6.45) is 0.979. The van der Waals surface area contributed by atoms with Crippen molar-refractivity contribution in [1.29, 1.82) is 0 Å². The van der Waals surface area contributed by atoms with E-state index >= 15 is 0 Å². The number of ether oxygens (including phenoxy) is 1. The van der Waals surface area contributed by atoms with E-state index in [2.05, 4.69) is 42.2 Å². The quantitative estimate of drug-likeness (QED) is 0.647. The van der Waals surface area contributed by atoms with Gasteiger partial charge in [0, 0.05) is 4.90 Å². The number of para-hydroxylation sites is 1. The lowest BCUT2D eigenvalue weighted by Gasteiger charge is -2.23. The van der Waals surface area contributed by atoms with E-state index in [0.717, 1.165) is 34.8 Å². The Morgan fingerprint density at radius 3 is 2.88 bits per heavy atom. The van der Waals surface area contributed by atoms with Gasteiger partial charge in [0.1, 0.15) is 11.6 Å². The fourth-order valence-corrected chi connectivity index (χ4v) is 3.66. The number of H-pyrrole nitrogens is 1. The monoisotopic (exact) mass is 340 g/mol. The molecule has 1 aromatic heterocycles. The largest absolute Gasteiger partial charge is 0.493 e. The molecule has 2 heterocycles. The Bertz CT molecular complexity index is 812. The fraction of sp³-hybridized carbons (Fsp3) is 0.350. The van der Waals surface area contributed by atoms with Crippen molar-refractivity contribution in [2.45, 2.75) is 38.0 Å². The van der Waals surface area contributed by atoms with Crippen molar-refractivity contribution >= 4 is 22.8 Å². The van der Waals surface area contributed by atoms with Gasteiger partial charge in [-0.1, -0.05) is 39.0 Å². The lowest BCUT2D eigenvalue weighted by atomic mass is 9.96. The maximum atomic E-state index is 5.88. The number of rotatable bonds is 3. The van der Waals surface area contributed by atoms with Crippen LogP contribution in [0.1, 0.15) is 38.1 Å². The molecule has 0 saturated carbocycles. The minimum Gasteiger partial charge on any atom is -0.493 e. The number of nitrogens with one attached hydrogen (secondary N) is 1. The molecule has 126 valence electrons. The zero-order valence-electron chi connectivity index (χ0n) is 14.5. The first-order valence-corrected chi connectivity index (χ1v) is 9.65. The Morgan fingerprint density at radius 1 is 1.21 bits per heavy atom. The molecule has 24 heavy (non-hydrogen) atoms. The maximum absolute atomic E-state index is 5.88. The maximum Gasteiger partial charge on any atom is 0.122 e. The third kappa shape index (κ3) is 3.44. The molecule has 2 aromatic carbocycles. The van der Waals surface area contributed by atoms with Crippen LogP contribution in [0.3, 0.4) is 0 Å². The van der Waals surface area contributed by atoms with E-state index < -0.39 is 0 Å². The molecule has 1 aliphatic rings. The summed E-state index contributed by atoms with van der Waals surface area (Å²) in [5.41, 5.74) is 3.42. The zero-order valence-corrected chi connectivity index (χ0v) is 15.3. The van der Waals surface area contributed by atoms with E-state index in [-0.39, 0.29) is 0 Å². The topological polar surface area (TPSA) is 37.9 Å².